The number of rotatable bonds is 4. The maximum absolute atomic E-state index is 2.39. The lowest BCUT2D eigenvalue weighted by atomic mass is 9.96. The highest BCUT2D eigenvalue weighted by Crippen LogP contribution is 2.40. The van der Waals surface area contributed by atoms with Crippen LogP contribution < -0.4 is 0 Å². The van der Waals surface area contributed by atoms with Gasteiger partial charge in [-0.1, -0.05) is 109 Å². The highest BCUT2D eigenvalue weighted by Gasteiger charge is 2.18. The van der Waals surface area contributed by atoms with Gasteiger partial charge < -0.3 is 9.13 Å². The van der Waals surface area contributed by atoms with Crippen LogP contribution in [-0.2, 0) is 0 Å². The summed E-state index contributed by atoms with van der Waals surface area (Å²) in [4.78, 5) is 0. The van der Waals surface area contributed by atoms with Crippen LogP contribution in [0.5, 0.6) is 0 Å². The molecule has 0 aliphatic rings. The van der Waals surface area contributed by atoms with Crippen LogP contribution in [0.3, 0.4) is 0 Å². The fourth-order valence-corrected chi connectivity index (χ4v) is 6.17. The number of hydrogen-bond donors (Lipinski definition) is 0. The van der Waals surface area contributed by atoms with E-state index in [4.69, 9.17) is 0 Å². The number of fused-ring (bicyclic) bond motifs is 3. The van der Waals surface area contributed by atoms with Crippen LogP contribution in [0.15, 0.2) is 158 Å². The summed E-state index contributed by atoms with van der Waals surface area (Å²) >= 11 is 0. The monoisotopic (exact) mass is 510 g/mol. The number of para-hydroxylation sites is 4. The van der Waals surface area contributed by atoms with E-state index in [0.717, 1.165) is 11.4 Å². The van der Waals surface area contributed by atoms with Gasteiger partial charge in [-0.15, -0.1) is 0 Å². The molecule has 0 radical (unpaired) electrons. The molecule has 0 saturated heterocycles. The predicted molar refractivity (Wildman–Crippen MR) is 168 cm³/mol. The van der Waals surface area contributed by atoms with E-state index >= 15 is 0 Å². The Morgan fingerprint density at radius 2 is 0.725 bits per heavy atom. The molecule has 6 aromatic carbocycles. The highest BCUT2D eigenvalue weighted by molar-refractivity contribution is 6.07. The quantitative estimate of drug-likeness (QED) is 0.223. The molecular weight excluding hydrogens is 484 g/mol. The maximum Gasteiger partial charge on any atom is 0.0547 e. The molecule has 0 aliphatic heterocycles. The minimum Gasteiger partial charge on any atom is -0.309 e. The molecule has 2 heterocycles. The smallest absolute Gasteiger partial charge is 0.0547 e. The van der Waals surface area contributed by atoms with Gasteiger partial charge in [0, 0.05) is 33.3 Å². The van der Waals surface area contributed by atoms with Crippen molar-refractivity contribution in [2.45, 2.75) is 0 Å². The first-order chi connectivity index (χ1) is 19.9. The Balaban J connectivity index is 1.42. The van der Waals surface area contributed by atoms with E-state index in [0.29, 0.717) is 0 Å². The average molecular weight is 511 g/mol. The van der Waals surface area contributed by atoms with Crippen molar-refractivity contribution < 1.29 is 0 Å². The van der Waals surface area contributed by atoms with Gasteiger partial charge >= 0.3 is 0 Å². The van der Waals surface area contributed by atoms with Gasteiger partial charge in [0.25, 0.3) is 0 Å². The molecule has 0 spiro atoms. The van der Waals surface area contributed by atoms with Crippen molar-refractivity contribution in [2.24, 2.45) is 0 Å². The maximum atomic E-state index is 2.39. The Kier molecular flexibility index (Phi) is 5.17. The molecule has 8 rings (SSSR count). The third-order valence-corrected chi connectivity index (χ3v) is 7.92. The third kappa shape index (κ3) is 3.50. The minimum absolute atomic E-state index is 1.16. The molecule has 0 bridgehead atoms. The fraction of sp³-hybridized carbons (Fsp3) is 0. The van der Waals surface area contributed by atoms with E-state index in [1.54, 1.807) is 0 Å². The van der Waals surface area contributed by atoms with Crippen molar-refractivity contribution >= 4 is 32.6 Å². The Labute approximate surface area is 233 Å². The normalized spacial score (nSPS) is 11.5. The van der Waals surface area contributed by atoms with Gasteiger partial charge in [-0.05, 0) is 59.3 Å². The van der Waals surface area contributed by atoms with Crippen LogP contribution in [0.4, 0.5) is 0 Å². The van der Waals surface area contributed by atoms with Crippen LogP contribution in [0.2, 0.25) is 0 Å². The van der Waals surface area contributed by atoms with Crippen LogP contribution in [0.25, 0.3) is 66.5 Å². The second kappa shape index (κ2) is 9.14. The van der Waals surface area contributed by atoms with Gasteiger partial charge in [0.15, 0.2) is 0 Å². The predicted octanol–water partition coefficient (Wildman–Crippen LogP) is 10.1. The molecule has 0 unspecified atom stereocenters. The van der Waals surface area contributed by atoms with Gasteiger partial charge in [-0.25, -0.2) is 0 Å². The summed E-state index contributed by atoms with van der Waals surface area (Å²) in [6.07, 6.45) is 0. The molecule has 0 amide bonds. The fourth-order valence-electron chi connectivity index (χ4n) is 6.17. The summed E-state index contributed by atoms with van der Waals surface area (Å²) in [5.41, 5.74) is 9.58. The standard InChI is InChI=1S/C38H26N2/c1-3-15-29(16-4-1)39-35-23-9-7-13-27(35)25-37(39)33-21-11-20-32-31(33)19-12-22-34(32)38-26-28-14-8-10-24-36(28)40(38)30-17-5-2-6-18-30/h1-26H. The van der Waals surface area contributed by atoms with Crippen molar-refractivity contribution in [1.29, 1.82) is 0 Å². The summed E-state index contributed by atoms with van der Waals surface area (Å²) in [5.74, 6) is 0. The lowest BCUT2D eigenvalue weighted by Gasteiger charge is -2.16. The zero-order chi connectivity index (χ0) is 26.5. The van der Waals surface area contributed by atoms with Crippen molar-refractivity contribution in [2.75, 3.05) is 0 Å². The molecule has 40 heavy (non-hydrogen) atoms. The molecule has 0 aliphatic carbocycles. The number of hydrogen-bond acceptors (Lipinski definition) is 0. The number of nitrogens with zero attached hydrogens (tertiary/aromatic N) is 2. The summed E-state index contributed by atoms with van der Waals surface area (Å²) in [6, 6.07) is 56.7. The van der Waals surface area contributed by atoms with E-state index in [9.17, 15) is 0 Å². The summed E-state index contributed by atoms with van der Waals surface area (Å²) in [7, 11) is 0. The SMILES string of the molecule is c1ccc(-n2c(-c3cccc4c(-c5cc6ccccc6n5-c5ccccc5)cccc34)cc3ccccc32)cc1. The van der Waals surface area contributed by atoms with Crippen molar-refractivity contribution in [3.63, 3.8) is 0 Å². The van der Waals surface area contributed by atoms with Crippen LogP contribution >= 0.6 is 0 Å². The molecule has 0 atom stereocenters. The highest BCUT2D eigenvalue weighted by atomic mass is 15.0. The Morgan fingerprint density at radius 3 is 1.18 bits per heavy atom. The Hall–Kier alpha value is -5.34. The molecule has 2 nitrogen and oxygen atoms in total. The topological polar surface area (TPSA) is 9.86 Å². The van der Waals surface area contributed by atoms with Crippen molar-refractivity contribution in [1.82, 2.24) is 9.13 Å². The van der Waals surface area contributed by atoms with Crippen LogP contribution in [0.1, 0.15) is 0 Å². The van der Waals surface area contributed by atoms with E-state index < -0.39 is 0 Å². The second-order valence-electron chi connectivity index (χ2n) is 10.2. The average Bonchev–Trinajstić information content (AvgIpc) is 3.60. The van der Waals surface area contributed by atoms with Gasteiger partial charge in [-0.3, -0.25) is 0 Å². The first-order valence-electron chi connectivity index (χ1n) is 13.7. The molecule has 2 heteroatoms. The van der Waals surface area contributed by atoms with Gasteiger partial charge in [0.1, 0.15) is 0 Å². The zero-order valence-electron chi connectivity index (χ0n) is 21.9. The summed E-state index contributed by atoms with van der Waals surface area (Å²) in [6.45, 7) is 0. The first kappa shape index (κ1) is 22.6. The van der Waals surface area contributed by atoms with Gasteiger partial charge in [0.05, 0.1) is 22.4 Å². The van der Waals surface area contributed by atoms with E-state index in [-0.39, 0.29) is 0 Å². The summed E-state index contributed by atoms with van der Waals surface area (Å²) < 4.78 is 4.77. The van der Waals surface area contributed by atoms with E-state index in [1.807, 2.05) is 0 Å². The lowest BCUT2D eigenvalue weighted by Crippen LogP contribution is -1.98. The summed E-state index contributed by atoms with van der Waals surface area (Å²) in [5, 5.41) is 4.95. The van der Waals surface area contributed by atoms with E-state index in [2.05, 4.69) is 167 Å². The molecular formula is C38H26N2. The second-order valence-corrected chi connectivity index (χ2v) is 10.2. The van der Waals surface area contributed by atoms with Crippen molar-refractivity contribution in [3.05, 3.63) is 158 Å². The van der Waals surface area contributed by atoms with Crippen LogP contribution in [0, 0.1) is 0 Å². The molecule has 0 fully saturated rings. The number of aromatic nitrogens is 2. The third-order valence-electron chi connectivity index (χ3n) is 7.92. The van der Waals surface area contributed by atoms with E-state index in [1.165, 1.54) is 55.1 Å². The van der Waals surface area contributed by atoms with Gasteiger partial charge in [0.2, 0.25) is 0 Å². The van der Waals surface area contributed by atoms with Crippen LogP contribution in [-0.4, -0.2) is 9.13 Å². The molecule has 8 aromatic rings. The molecule has 2 aromatic heterocycles. The van der Waals surface area contributed by atoms with Gasteiger partial charge in [-0.2, -0.15) is 0 Å². The number of benzene rings is 6. The largest absolute Gasteiger partial charge is 0.309 e. The van der Waals surface area contributed by atoms with Crippen molar-refractivity contribution in [3.8, 4) is 33.9 Å². The first-order valence-corrected chi connectivity index (χ1v) is 13.7. The molecule has 0 N–H and O–H groups in total. The molecule has 0 saturated carbocycles. The Bertz CT molecular complexity index is 1990. The lowest BCUT2D eigenvalue weighted by molar-refractivity contribution is 1.13. The minimum atomic E-state index is 1.16. The zero-order valence-corrected chi connectivity index (χ0v) is 21.9. The molecule has 188 valence electrons. The Morgan fingerprint density at radius 1 is 0.325 bits per heavy atom.